The highest BCUT2D eigenvalue weighted by Gasteiger charge is 2.14. The third kappa shape index (κ3) is 4.54. The van der Waals surface area contributed by atoms with Crippen molar-refractivity contribution in [3.63, 3.8) is 0 Å². The van der Waals surface area contributed by atoms with E-state index in [0.717, 1.165) is 12.1 Å². The van der Waals surface area contributed by atoms with E-state index in [4.69, 9.17) is 4.74 Å². The molecule has 0 radical (unpaired) electrons. The number of benzene rings is 2. The predicted molar refractivity (Wildman–Crippen MR) is 109 cm³/mol. The number of hydrogen-bond acceptors (Lipinski definition) is 5. The van der Waals surface area contributed by atoms with E-state index < -0.39 is 5.97 Å². The van der Waals surface area contributed by atoms with Crippen molar-refractivity contribution in [2.24, 2.45) is 0 Å². The van der Waals surface area contributed by atoms with Gasteiger partial charge in [-0.1, -0.05) is 31.2 Å². The number of ether oxygens (including phenoxy) is 1. The Hall–Kier alpha value is -3.67. The lowest BCUT2D eigenvalue weighted by Gasteiger charge is -2.11. The first kappa shape index (κ1) is 19.1. The van der Waals surface area contributed by atoms with Gasteiger partial charge in [-0.3, -0.25) is 4.79 Å². The van der Waals surface area contributed by atoms with Crippen LogP contribution in [0.15, 0.2) is 66.9 Å². The van der Waals surface area contributed by atoms with Crippen molar-refractivity contribution in [1.29, 1.82) is 0 Å². The van der Waals surface area contributed by atoms with Crippen molar-refractivity contribution in [1.82, 2.24) is 4.98 Å². The van der Waals surface area contributed by atoms with E-state index in [-0.39, 0.29) is 5.91 Å². The minimum Gasteiger partial charge on any atom is -0.465 e. The number of esters is 1. The maximum Gasteiger partial charge on any atom is 0.339 e. The van der Waals surface area contributed by atoms with Crippen molar-refractivity contribution < 1.29 is 14.3 Å². The molecule has 0 aliphatic carbocycles. The maximum absolute atomic E-state index is 12.6. The smallest absolute Gasteiger partial charge is 0.339 e. The molecule has 0 saturated carbocycles. The van der Waals surface area contributed by atoms with Gasteiger partial charge in [-0.25, -0.2) is 9.78 Å². The predicted octanol–water partition coefficient (Wildman–Crippen LogP) is 4.43. The summed E-state index contributed by atoms with van der Waals surface area (Å²) in [5.41, 5.74) is 3.24. The number of rotatable bonds is 6. The Morgan fingerprint density at radius 2 is 1.79 bits per heavy atom. The maximum atomic E-state index is 12.6. The van der Waals surface area contributed by atoms with E-state index in [9.17, 15) is 9.59 Å². The monoisotopic (exact) mass is 375 g/mol. The van der Waals surface area contributed by atoms with Crippen LogP contribution in [0.25, 0.3) is 0 Å². The Labute approximate surface area is 163 Å². The number of nitrogens with zero attached hydrogens (tertiary/aromatic N) is 1. The molecule has 0 atom stereocenters. The zero-order valence-corrected chi connectivity index (χ0v) is 15.7. The topological polar surface area (TPSA) is 80.3 Å². The molecule has 1 heterocycles. The minimum absolute atomic E-state index is 0.293. The van der Waals surface area contributed by atoms with Crippen LogP contribution in [0.1, 0.15) is 33.2 Å². The first-order valence-electron chi connectivity index (χ1n) is 8.91. The van der Waals surface area contributed by atoms with Crippen LogP contribution in [-0.2, 0) is 11.2 Å². The van der Waals surface area contributed by atoms with Gasteiger partial charge in [-0.15, -0.1) is 0 Å². The van der Waals surface area contributed by atoms with Crippen LogP contribution in [0.2, 0.25) is 0 Å². The van der Waals surface area contributed by atoms with Gasteiger partial charge in [0.2, 0.25) is 0 Å². The number of aromatic nitrogens is 1. The molecule has 0 bridgehead atoms. The molecular weight excluding hydrogens is 354 g/mol. The highest BCUT2D eigenvalue weighted by atomic mass is 16.5. The van der Waals surface area contributed by atoms with Crippen molar-refractivity contribution in [3.8, 4) is 0 Å². The Morgan fingerprint density at radius 1 is 1.04 bits per heavy atom. The summed E-state index contributed by atoms with van der Waals surface area (Å²) in [5, 5.41) is 5.94. The standard InChI is InChI=1S/C22H21N3O3/c1-3-15-8-10-17(11-9-15)24-20-14-16(12-13-23-20)21(26)25-19-7-5-4-6-18(19)22(27)28-2/h4-14H,3H2,1-2H3,(H,23,24)(H,25,26). The zero-order valence-electron chi connectivity index (χ0n) is 15.7. The number of para-hydroxylation sites is 1. The SMILES string of the molecule is CCc1ccc(Nc2cc(C(=O)Nc3ccccc3C(=O)OC)ccn2)cc1. The first-order valence-corrected chi connectivity index (χ1v) is 8.91. The summed E-state index contributed by atoms with van der Waals surface area (Å²) in [4.78, 5) is 28.8. The second-order valence-corrected chi connectivity index (χ2v) is 6.10. The van der Waals surface area contributed by atoms with Gasteiger partial charge in [0.1, 0.15) is 5.82 Å². The number of amides is 1. The summed E-state index contributed by atoms with van der Waals surface area (Å²) in [6.45, 7) is 2.10. The van der Waals surface area contributed by atoms with E-state index in [1.807, 2.05) is 24.3 Å². The third-order valence-corrected chi connectivity index (χ3v) is 4.24. The Bertz CT molecular complexity index is 984. The molecule has 0 spiro atoms. The average Bonchev–Trinajstić information content (AvgIpc) is 2.74. The highest BCUT2D eigenvalue weighted by Crippen LogP contribution is 2.19. The lowest BCUT2D eigenvalue weighted by Crippen LogP contribution is -2.15. The van der Waals surface area contributed by atoms with Gasteiger partial charge in [-0.2, -0.15) is 0 Å². The summed E-state index contributed by atoms with van der Waals surface area (Å²) >= 11 is 0. The zero-order chi connectivity index (χ0) is 19.9. The highest BCUT2D eigenvalue weighted by molar-refractivity contribution is 6.08. The Balaban J connectivity index is 1.76. The second-order valence-electron chi connectivity index (χ2n) is 6.10. The number of carbonyl (C=O) groups excluding carboxylic acids is 2. The number of methoxy groups -OCH3 is 1. The van der Waals surface area contributed by atoms with Crippen LogP contribution >= 0.6 is 0 Å². The van der Waals surface area contributed by atoms with Crippen molar-refractivity contribution in [2.75, 3.05) is 17.7 Å². The van der Waals surface area contributed by atoms with Crippen molar-refractivity contribution >= 4 is 29.1 Å². The normalized spacial score (nSPS) is 10.2. The number of pyridine rings is 1. The minimum atomic E-state index is -0.511. The molecule has 28 heavy (non-hydrogen) atoms. The molecule has 3 aromatic rings. The quantitative estimate of drug-likeness (QED) is 0.623. The molecule has 0 unspecified atom stereocenters. The van der Waals surface area contributed by atoms with Crippen LogP contribution in [-0.4, -0.2) is 24.0 Å². The molecule has 1 aromatic heterocycles. The van der Waals surface area contributed by atoms with Crippen molar-refractivity contribution in [2.45, 2.75) is 13.3 Å². The van der Waals surface area contributed by atoms with Crippen LogP contribution < -0.4 is 10.6 Å². The molecule has 2 aromatic carbocycles. The molecule has 2 N–H and O–H groups in total. The summed E-state index contributed by atoms with van der Waals surface area (Å²) < 4.78 is 4.76. The molecule has 0 aliphatic rings. The van der Waals surface area contributed by atoms with Crippen LogP contribution in [0.3, 0.4) is 0 Å². The summed E-state index contributed by atoms with van der Waals surface area (Å²) in [6.07, 6.45) is 2.53. The largest absolute Gasteiger partial charge is 0.465 e. The van der Waals surface area contributed by atoms with Gasteiger partial charge in [0.05, 0.1) is 18.4 Å². The van der Waals surface area contributed by atoms with E-state index in [1.54, 1.807) is 42.6 Å². The number of anilines is 3. The van der Waals surface area contributed by atoms with Crippen LogP contribution in [0.5, 0.6) is 0 Å². The fourth-order valence-corrected chi connectivity index (χ4v) is 2.69. The van der Waals surface area contributed by atoms with Gasteiger partial charge >= 0.3 is 5.97 Å². The van der Waals surface area contributed by atoms with E-state index in [0.29, 0.717) is 22.6 Å². The number of aryl methyl sites for hydroxylation is 1. The summed E-state index contributed by atoms with van der Waals surface area (Å²) in [7, 11) is 1.30. The Morgan fingerprint density at radius 3 is 2.50 bits per heavy atom. The third-order valence-electron chi connectivity index (χ3n) is 4.24. The van der Waals surface area contributed by atoms with Gasteiger partial charge in [0.25, 0.3) is 5.91 Å². The van der Waals surface area contributed by atoms with Crippen molar-refractivity contribution in [3.05, 3.63) is 83.6 Å². The molecule has 0 aliphatic heterocycles. The summed E-state index contributed by atoms with van der Waals surface area (Å²) in [6, 6.07) is 18.0. The number of hydrogen-bond donors (Lipinski definition) is 2. The van der Waals surface area contributed by atoms with E-state index >= 15 is 0 Å². The van der Waals surface area contributed by atoms with E-state index in [2.05, 4.69) is 22.5 Å². The number of carbonyl (C=O) groups is 2. The molecular formula is C22H21N3O3. The van der Waals surface area contributed by atoms with Gasteiger partial charge < -0.3 is 15.4 Å². The molecule has 1 amide bonds. The fourth-order valence-electron chi connectivity index (χ4n) is 2.69. The number of nitrogens with one attached hydrogen (secondary N) is 2. The summed E-state index contributed by atoms with van der Waals surface area (Å²) in [5.74, 6) is -0.301. The molecule has 0 fully saturated rings. The molecule has 3 rings (SSSR count). The molecule has 0 saturated heterocycles. The second kappa shape index (κ2) is 8.81. The van der Waals surface area contributed by atoms with Gasteiger partial charge in [-0.05, 0) is 48.4 Å². The van der Waals surface area contributed by atoms with Crippen LogP contribution in [0.4, 0.5) is 17.2 Å². The molecule has 142 valence electrons. The van der Waals surface area contributed by atoms with E-state index in [1.165, 1.54) is 12.7 Å². The average molecular weight is 375 g/mol. The molecule has 6 nitrogen and oxygen atoms in total. The lowest BCUT2D eigenvalue weighted by molar-refractivity contribution is 0.0602. The molecule has 6 heteroatoms. The van der Waals surface area contributed by atoms with Crippen LogP contribution in [0, 0.1) is 0 Å². The first-order chi connectivity index (χ1) is 13.6. The van der Waals surface area contributed by atoms with Gasteiger partial charge in [0.15, 0.2) is 0 Å². The Kier molecular flexibility index (Phi) is 6.01. The lowest BCUT2D eigenvalue weighted by atomic mass is 10.1. The fraction of sp³-hybridized carbons (Fsp3) is 0.136. The van der Waals surface area contributed by atoms with Gasteiger partial charge in [0, 0.05) is 17.4 Å².